The quantitative estimate of drug-likeness (QED) is 0.750. The van der Waals surface area contributed by atoms with E-state index in [0.717, 1.165) is 36.8 Å². The highest BCUT2D eigenvalue weighted by atomic mass is 19.1. The fourth-order valence-corrected chi connectivity index (χ4v) is 3.42. The molecule has 0 unspecified atom stereocenters. The van der Waals surface area contributed by atoms with Gasteiger partial charge in [-0.3, -0.25) is 14.3 Å². The third-order valence-electron chi connectivity index (χ3n) is 4.57. The minimum atomic E-state index is -0.580. The maximum Gasteiger partial charge on any atom is 0.332 e. The Kier molecular flexibility index (Phi) is 3.57. The molecule has 124 valence electrons. The van der Waals surface area contributed by atoms with E-state index in [1.807, 2.05) is 12.3 Å². The molecule has 4 rings (SSSR count). The van der Waals surface area contributed by atoms with Crippen molar-refractivity contribution in [1.29, 1.82) is 0 Å². The van der Waals surface area contributed by atoms with Gasteiger partial charge in [-0.25, -0.2) is 9.18 Å². The summed E-state index contributed by atoms with van der Waals surface area (Å²) in [6, 6.07) is 6.27. The van der Waals surface area contributed by atoms with Crippen molar-refractivity contribution in [2.24, 2.45) is 0 Å². The second-order valence-corrected chi connectivity index (χ2v) is 6.04. The predicted molar refractivity (Wildman–Crippen MR) is 89.3 cm³/mol. The summed E-state index contributed by atoms with van der Waals surface area (Å²) in [5.41, 5.74) is 0.133. The molecule has 1 fully saturated rings. The Labute approximate surface area is 136 Å². The summed E-state index contributed by atoms with van der Waals surface area (Å²) in [5.74, 6) is -0.413. The lowest BCUT2D eigenvalue weighted by Crippen LogP contribution is -2.29. The van der Waals surface area contributed by atoms with E-state index in [2.05, 4.69) is 14.9 Å². The number of nitrogens with zero attached hydrogens (tertiary/aromatic N) is 2. The smallest absolute Gasteiger partial charge is 0.332 e. The molecule has 0 saturated carbocycles. The standard InChI is InChI=1S/C17H17FN4O2/c18-11-9-14-13(3-7-21(14)12-1-5-19-6-2-12)15(10-11)22-8-4-16(23)20-17(22)24/h3-4,7-10,12,19H,1-2,5-6H2,(H,20,23,24). The number of H-pyrrole nitrogens is 1. The highest BCUT2D eigenvalue weighted by Crippen LogP contribution is 2.29. The van der Waals surface area contributed by atoms with E-state index >= 15 is 0 Å². The average Bonchev–Trinajstić information content (AvgIpc) is 2.99. The summed E-state index contributed by atoms with van der Waals surface area (Å²) in [6.45, 7) is 1.87. The molecule has 0 spiro atoms. The summed E-state index contributed by atoms with van der Waals surface area (Å²) < 4.78 is 17.6. The molecule has 0 bridgehead atoms. The van der Waals surface area contributed by atoms with Crippen LogP contribution in [0.1, 0.15) is 18.9 Å². The predicted octanol–water partition coefficient (Wildman–Crippen LogP) is 1.54. The molecule has 7 heteroatoms. The minimum absolute atomic E-state index is 0.311. The average molecular weight is 328 g/mol. The number of nitrogens with one attached hydrogen (secondary N) is 2. The third-order valence-corrected chi connectivity index (χ3v) is 4.57. The molecule has 2 aromatic heterocycles. The van der Waals surface area contributed by atoms with Crippen LogP contribution in [0, 0.1) is 5.82 Å². The summed E-state index contributed by atoms with van der Waals surface area (Å²) in [4.78, 5) is 25.5. The van der Waals surface area contributed by atoms with Gasteiger partial charge in [0.05, 0.1) is 11.2 Å². The van der Waals surface area contributed by atoms with E-state index < -0.39 is 17.1 Å². The van der Waals surface area contributed by atoms with Crippen molar-refractivity contribution < 1.29 is 4.39 Å². The van der Waals surface area contributed by atoms with Gasteiger partial charge >= 0.3 is 5.69 Å². The molecule has 1 aliphatic heterocycles. The molecule has 0 amide bonds. The van der Waals surface area contributed by atoms with Gasteiger partial charge in [0.1, 0.15) is 5.82 Å². The fraction of sp³-hybridized carbons (Fsp3) is 0.294. The monoisotopic (exact) mass is 328 g/mol. The van der Waals surface area contributed by atoms with Crippen LogP contribution in [0.3, 0.4) is 0 Å². The number of halogens is 1. The third kappa shape index (κ3) is 2.46. The van der Waals surface area contributed by atoms with Crippen LogP contribution >= 0.6 is 0 Å². The molecular weight excluding hydrogens is 311 g/mol. The first kappa shape index (κ1) is 14.9. The fourth-order valence-electron chi connectivity index (χ4n) is 3.42. The van der Waals surface area contributed by atoms with Crippen molar-refractivity contribution in [2.45, 2.75) is 18.9 Å². The molecular formula is C17H17FN4O2. The second-order valence-electron chi connectivity index (χ2n) is 6.04. The van der Waals surface area contributed by atoms with E-state index in [1.54, 1.807) is 0 Å². The molecule has 6 nitrogen and oxygen atoms in total. The van der Waals surface area contributed by atoms with Crippen molar-refractivity contribution >= 4 is 10.9 Å². The minimum Gasteiger partial charge on any atom is -0.344 e. The van der Waals surface area contributed by atoms with Crippen LogP contribution < -0.4 is 16.6 Å². The molecule has 24 heavy (non-hydrogen) atoms. The van der Waals surface area contributed by atoms with Gasteiger partial charge < -0.3 is 9.88 Å². The van der Waals surface area contributed by atoms with E-state index in [0.29, 0.717) is 11.7 Å². The van der Waals surface area contributed by atoms with Gasteiger partial charge in [0.15, 0.2) is 0 Å². The number of hydrogen-bond donors (Lipinski definition) is 2. The van der Waals surface area contributed by atoms with Gasteiger partial charge in [-0.05, 0) is 44.1 Å². The number of benzene rings is 1. The lowest BCUT2D eigenvalue weighted by molar-refractivity contribution is 0.376. The summed E-state index contributed by atoms with van der Waals surface area (Å²) >= 11 is 0. The van der Waals surface area contributed by atoms with Crippen LogP contribution in [-0.2, 0) is 0 Å². The Morgan fingerprint density at radius 2 is 1.88 bits per heavy atom. The highest BCUT2D eigenvalue weighted by Gasteiger charge is 2.18. The molecule has 1 aliphatic rings. The lowest BCUT2D eigenvalue weighted by atomic mass is 10.1. The van der Waals surface area contributed by atoms with Crippen LogP contribution in [0.4, 0.5) is 4.39 Å². The maximum atomic E-state index is 14.2. The Morgan fingerprint density at radius 1 is 1.08 bits per heavy atom. The van der Waals surface area contributed by atoms with Gasteiger partial charge in [-0.15, -0.1) is 0 Å². The molecule has 3 heterocycles. The first-order valence-corrected chi connectivity index (χ1v) is 7.96. The van der Waals surface area contributed by atoms with E-state index in [9.17, 15) is 14.0 Å². The van der Waals surface area contributed by atoms with Gasteiger partial charge in [0, 0.05) is 29.9 Å². The van der Waals surface area contributed by atoms with Crippen LogP contribution in [0.25, 0.3) is 16.6 Å². The molecule has 0 atom stereocenters. The van der Waals surface area contributed by atoms with Crippen molar-refractivity contribution in [1.82, 2.24) is 19.4 Å². The van der Waals surface area contributed by atoms with Crippen molar-refractivity contribution in [3.8, 4) is 5.69 Å². The van der Waals surface area contributed by atoms with Crippen molar-refractivity contribution in [3.05, 3.63) is 63.3 Å². The Hall–Kier alpha value is -2.67. The van der Waals surface area contributed by atoms with Crippen LogP contribution in [0.5, 0.6) is 0 Å². The number of rotatable bonds is 2. The first-order chi connectivity index (χ1) is 11.6. The molecule has 3 aromatic rings. The number of aromatic nitrogens is 3. The zero-order valence-corrected chi connectivity index (χ0v) is 13.0. The molecule has 1 aromatic carbocycles. The summed E-state index contributed by atoms with van der Waals surface area (Å²) in [5, 5.41) is 4.10. The normalized spacial score (nSPS) is 15.9. The van der Waals surface area contributed by atoms with Crippen molar-refractivity contribution in [3.63, 3.8) is 0 Å². The number of fused-ring (bicyclic) bond motifs is 1. The SMILES string of the molecule is O=c1ccn(-c2cc(F)cc3c2ccn3C2CCNCC2)c(=O)[nH]1. The highest BCUT2D eigenvalue weighted by molar-refractivity contribution is 5.88. The number of hydrogen-bond acceptors (Lipinski definition) is 3. The summed E-state index contributed by atoms with van der Waals surface area (Å²) in [6.07, 6.45) is 5.28. The van der Waals surface area contributed by atoms with E-state index in [4.69, 9.17) is 0 Å². The van der Waals surface area contributed by atoms with Gasteiger partial charge in [0.2, 0.25) is 0 Å². The molecule has 0 aliphatic carbocycles. The van der Waals surface area contributed by atoms with Crippen molar-refractivity contribution in [2.75, 3.05) is 13.1 Å². The van der Waals surface area contributed by atoms with E-state index in [1.165, 1.54) is 29.0 Å². The van der Waals surface area contributed by atoms with Crippen LogP contribution in [0.2, 0.25) is 0 Å². The Morgan fingerprint density at radius 3 is 2.62 bits per heavy atom. The van der Waals surface area contributed by atoms with Gasteiger partial charge in [-0.2, -0.15) is 0 Å². The van der Waals surface area contributed by atoms with Crippen LogP contribution in [0.15, 0.2) is 46.2 Å². The zero-order valence-electron chi connectivity index (χ0n) is 13.0. The maximum absolute atomic E-state index is 14.2. The molecule has 2 N–H and O–H groups in total. The Bertz CT molecular complexity index is 1010. The van der Waals surface area contributed by atoms with Gasteiger partial charge in [0.25, 0.3) is 5.56 Å². The second kappa shape index (κ2) is 5.76. The largest absolute Gasteiger partial charge is 0.344 e. The number of aromatic amines is 1. The lowest BCUT2D eigenvalue weighted by Gasteiger charge is -2.25. The number of piperidine rings is 1. The summed E-state index contributed by atoms with van der Waals surface area (Å²) in [7, 11) is 0. The zero-order chi connectivity index (χ0) is 16.7. The van der Waals surface area contributed by atoms with E-state index in [-0.39, 0.29) is 0 Å². The molecule has 1 saturated heterocycles. The topological polar surface area (TPSA) is 71.8 Å². The molecule has 0 radical (unpaired) electrons. The first-order valence-electron chi connectivity index (χ1n) is 7.96. The Balaban J connectivity index is 1.92. The van der Waals surface area contributed by atoms with Crippen LogP contribution in [-0.4, -0.2) is 27.2 Å². The van der Waals surface area contributed by atoms with Gasteiger partial charge in [-0.1, -0.05) is 0 Å².